The number of benzene rings is 1. The van der Waals surface area contributed by atoms with Crippen LogP contribution in [0, 0.1) is 0 Å². The van der Waals surface area contributed by atoms with E-state index in [-0.39, 0.29) is 0 Å². The minimum atomic E-state index is -0.623. The second-order valence-corrected chi connectivity index (χ2v) is 4.56. The molecule has 2 rings (SSSR count). The fourth-order valence-electron chi connectivity index (χ4n) is 1.67. The summed E-state index contributed by atoms with van der Waals surface area (Å²) in [4.78, 5) is 0. The molecule has 18 heavy (non-hydrogen) atoms. The molecule has 1 aromatic carbocycles. The molecule has 0 radical (unpaired) electrons. The van der Waals surface area contributed by atoms with E-state index < -0.39 is 6.10 Å². The molecule has 0 aliphatic carbocycles. The van der Waals surface area contributed by atoms with Gasteiger partial charge in [0, 0.05) is 23.8 Å². The summed E-state index contributed by atoms with van der Waals surface area (Å²) < 4.78 is 7.38. The topological polar surface area (TPSA) is 47.3 Å². The normalized spacial score (nSPS) is 12.4. The zero-order chi connectivity index (χ0) is 13.1. The third kappa shape index (κ3) is 3.03. The van der Waals surface area contributed by atoms with Crippen LogP contribution in [0.2, 0.25) is 5.02 Å². The molecule has 0 spiro atoms. The van der Waals surface area contributed by atoms with Gasteiger partial charge in [0.2, 0.25) is 0 Å². The molecular weight excluding hydrogens is 252 g/mol. The predicted molar refractivity (Wildman–Crippen MR) is 69.6 cm³/mol. The van der Waals surface area contributed by atoms with Crippen LogP contribution in [-0.2, 0) is 13.7 Å². The third-order valence-corrected chi connectivity index (χ3v) is 2.80. The Kier molecular flexibility index (Phi) is 3.89. The molecule has 96 valence electrons. The molecule has 0 unspecified atom stereocenters. The zero-order valence-corrected chi connectivity index (χ0v) is 11.1. The van der Waals surface area contributed by atoms with E-state index in [0.717, 1.165) is 5.69 Å². The van der Waals surface area contributed by atoms with Crippen LogP contribution in [0.1, 0.15) is 24.3 Å². The van der Waals surface area contributed by atoms with Gasteiger partial charge in [-0.3, -0.25) is 4.68 Å². The average molecular weight is 267 g/mol. The summed E-state index contributed by atoms with van der Waals surface area (Å²) in [5.74, 6) is 0.625. The molecule has 0 amide bonds. The molecule has 5 heteroatoms. The lowest BCUT2D eigenvalue weighted by atomic mass is 10.1. The monoisotopic (exact) mass is 266 g/mol. The number of hydrogen-bond acceptors (Lipinski definition) is 3. The molecule has 0 aliphatic heterocycles. The van der Waals surface area contributed by atoms with Gasteiger partial charge in [-0.1, -0.05) is 11.6 Å². The molecule has 0 bridgehead atoms. The highest BCUT2D eigenvalue weighted by Gasteiger charge is 2.10. The number of aromatic nitrogens is 2. The minimum absolute atomic E-state index is 0.363. The Balaban J connectivity index is 2.13. The maximum Gasteiger partial charge on any atom is 0.132 e. The Morgan fingerprint density at radius 1 is 1.44 bits per heavy atom. The van der Waals surface area contributed by atoms with Crippen LogP contribution in [0.4, 0.5) is 0 Å². The fraction of sp³-hybridized carbons (Fsp3) is 0.308. The van der Waals surface area contributed by atoms with Crippen molar-refractivity contribution in [1.29, 1.82) is 0 Å². The van der Waals surface area contributed by atoms with Gasteiger partial charge >= 0.3 is 0 Å². The first-order chi connectivity index (χ1) is 8.56. The van der Waals surface area contributed by atoms with Crippen molar-refractivity contribution in [1.82, 2.24) is 9.78 Å². The Morgan fingerprint density at radius 3 is 2.83 bits per heavy atom. The fourth-order valence-corrected chi connectivity index (χ4v) is 1.85. The van der Waals surface area contributed by atoms with Gasteiger partial charge < -0.3 is 9.84 Å². The third-order valence-electron chi connectivity index (χ3n) is 2.57. The summed E-state index contributed by atoms with van der Waals surface area (Å²) in [6, 6.07) is 7.09. The van der Waals surface area contributed by atoms with Crippen molar-refractivity contribution >= 4 is 11.6 Å². The first-order valence-electron chi connectivity index (χ1n) is 5.65. The molecule has 1 atom stereocenters. The number of ether oxygens (including phenoxy) is 1. The van der Waals surface area contributed by atoms with E-state index in [1.807, 2.05) is 19.3 Å². The average Bonchev–Trinajstić information content (AvgIpc) is 2.73. The summed E-state index contributed by atoms with van der Waals surface area (Å²) in [5, 5.41) is 14.5. The Bertz CT molecular complexity index is 538. The lowest BCUT2D eigenvalue weighted by Gasteiger charge is -2.13. The van der Waals surface area contributed by atoms with Gasteiger partial charge in [-0.2, -0.15) is 5.10 Å². The van der Waals surface area contributed by atoms with Crippen molar-refractivity contribution in [2.45, 2.75) is 19.6 Å². The first-order valence-corrected chi connectivity index (χ1v) is 6.03. The van der Waals surface area contributed by atoms with Gasteiger partial charge in [0.25, 0.3) is 0 Å². The van der Waals surface area contributed by atoms with Crippen molar-refractivity contribution in [2.24, 2.45) is 7.05 Å². The quantitative estimate of drug-likeness (QED) is 0.926. The van der Waals surface area contributed by atoms with E-state index in [1.165, 1.54) is 0 Å². The lowest BCUT2D eigenvalue weighted by Crippen LogP contribution is -2.02. The van der Waals surface area contributed by atoms with Crippen LogP contribution in [-0.4, -0.2) is 14.9 Å². The number of nitrogens with zero attached hydrogens (tertiary/aromatic N) is 2. The number of hydrogen-bond donors (Lipinski definition) is 1. The van der Waals surface area contributed by atoms with Crippen LogP contribution in [0.5, 0.6) is 5.75 Å². The molecule has 1 aromatic heterocycles. The molecule has 1 heterocycles. The number of aliphatic hydroxyl groups is 1. The highest BCUT2D eigenvalue weighted by Crippen LogP contribution is 2.28. The number of rotatable bonds is 4. The standard InChI is InChI=1S/C13H15ClN2O2/c1-9(17)12-7-10(14)3-4-13(12)18-8-11-5-6-16(2)15-11/h3-7,9,17H,8H2,1-2H3/t9-/m1/s1. The van der Waals surface area contributed by atoms with E-state index in [4.69, 9.17) is 16.3 Å². The maximum absolute atomic E-state index is 9.67. The highest BCUT2D eigenvalue weighted by atomic mass is 35.5. The van der Waals surface area contributed by atoms with E-state index in [0.29, 0.717) is 22.9 Å². The van der Waals surface area contributed by atoms with E-state index in [1.54, 1.807) is 29.8 Å². The van der Waals surface area contributed by atoms with Gasteiger partial charge in [-0.15, -0.1) is 0 Å². The molecule has 2 aromatic rings. The van der Waals surface area contributed by atoms with Crippen LogP contribution in [0.3, 0.4) is 0 Å². The van der Waals surface area contributed by atoms with Gasteiger partial charge in [-0.05, 0) is 31.2 Å². The Morgan fingerprint density at radius 2 is 2.22 bits per heavy atom. The summed E-state index contributed by atoms with van der Waals surface area (Å²) in [7, 11) is 1.85. The zero-order valence-electron chi connectivity index (χ0n) is 10.3. The largest absolute Gasteiger partial charge is 0.487 e. The molecule has 0 fully saturated rings. The molecule has 0 saturated heterocycles. The molecular formula is C13H15ClN2O2. The van der Waals surface area contributed by atoms with Crippen molar-refractivity contribution in [3.05, 3.63) is 46.7 Å². The van der Waals surface area contributed by atoms with Crippen molar-refractivity contribution in [3.8, 4) is 5.75 Å². The van der Waals surface area contributed by atoms with Crippen molar-refractivity contribution in [2.75, 3.05) is 0 Å². The highest BCUT2D eigenvalue weighted by molar-refractivity contribution is 6.30. The number of aryl methyl sites for hydroxylation is 1. The van der Waals surface area contributed by atoms with Crippen LogP contribution < -0.4 is 4.74 Å². The second-order valence-electron chi connectivity index (χ2n) is 4.13. The van der Waals surface area contributed by atoms with Crippen molar-refractivity contribution in [3.63, 3.8) is 0 Å². The van der Waals surface area contributed by atoms with Gasteiger partial charge in [0.05, 0.1) is 11.8 Å². The summed E-state index contributed by atoms with van der Waals surface area (Å²) in [6.45, 7) is 2.04. The van der Waals surface area contributed by atoms with Crippen LogP contribution in [0.25, 0.3) is 0 Å². The summed E-state index contributed by atoms with van der Waals surface area (Å²) in [6.07, 6.45) is 1.23. The maximum atomic E-state index is 9.67. The van der Waals surface area contributed by atoms with Crippen LogP contribution in [0.15, 0.2) is 30.5 Å². The van der Waals surface area contributed by atoms with E-state index in [2.05, 4.69) is 5.10 Å². The lowest BCUT2D eigenvalue weighted by molar-refractivity contribution is 0.190. The smallest absolute Gasteiger partial charge is 0.132 e. The summed E-state index contributed by atoms with van der Waals surface area (Å²) >= 11 is 5.90. The van der Waals surface area contributed by atoms with Crippen molar-refractivity contribution < 1.29 is 9.84 Å². The SMILES string of the molecule is C[C@@H](O)c1cc(Cl)ccc1OCc1ccn(C)n1. The predicted octanol–water partition coefficient (Wildman–Crippen LogP) is 2.71. The Labute approximate surface area is 111 Å². The van der Waals surface area contributed by atoms with Gasteiger partial charge in [0.15, 0.2) is 0 Å². The number of halogens is 1. The van der Waals surface area contributed by atoms with Gasteiger partial charge in [0.1, 0.15) is 12.4 Å². The van der Waals surface area contributed by atoms with Crippen LogP contribution >= 0.6 is 11.6 Å². The molecule has 4 nitrogen and oxygen atoms in total. The second kappa shape index (κ2) is 5.42. The molecule has 0 saturated carbocycles. The molecule has 0 aliphatic rings. The van der Waals surface area contributed by atoms with E-state index in [9.17, 15) is 5.11 Å². The number of aliphatic hydroxyl groups excluding tert-OH is 1. The first kappa shape index (κ1) is 12.9. The van der Waals surface area contributed by atoms with E-state index >= 15 is 0 Å². The summed E-state index contributed by atoms with van der Waals surface area (Å²) in [5.41, 5.74) is 1.52. The minimum Gasteiger partial charge on any atom is -0.487 e. The molecule has 1 N–H and O–H groups in total. The Hall–Kier alpha value is -1.52. The van der Waals surface area contributed by atoms with Gasteiger partial charge in [-0.25, -0.2) is 0 Å².